The molecule has 0 amide bonds. The highest BCUT2D eigenvalue weighted by Gasteiger charge is 2.46. The van der Waals surface area contributed by atoms with Crippen LogP contribution in [-0.4, -0.2) is 9.13 Å². The van der Waals surface area contributed by atoms with Crippen molar-refractivity contribution >= 4 is 43.6 Å². The lowest BCUT2D eigenvalue weighted by atomic mass is 9.67. The topological polar surface area (TPSA) is 9.86 Å². The number of fused-ring (bicyclic) bond motifs is 9. The number of hydrogen-bond donors (Lipinski definition) is 0. The molecule has 1 aliphatic rings. The van der Waals surface area contributed by atoms with E-state index in [-0.39, 0.29) is 0 Å². The van der Waals surface area contributed by atoms with E-state index in [0.29, 0.717) is 0 Å². The van der Waals surface area contributed by atoms with E-state index in [4.69, 9.17) is 0 Å². The molecule has 0 N–H and O–H groups in total. The van der Waals surface area contributed by atoms with Crippen molar-refractivity contribution in [2.75, 3.05) is 0 Å². The third-order valence-corrected chi connectivity index (χ3v) is 12.4. The van der Waals surface area contributed by atoms with Crippen LogP contribution in [0.3, 0.4) is 0 Å². The van der Waals surface area contributed by atoms with Gasteiger partial charge < -0.3 is 9.13 Å². The van der Waals surface area contributed by atoms with Gasteiger partial charge in [0.15, 0.2) is 0 Å². The molecule has 0 saturated carbocycles. The molecule has 0 aliphatic heterocycles. The summed E-state index contributed by atoms with van der Waals surface area (Å²) in [5.41, 5.74) is 16.8. The zero-order chi connectivity index (χ0) is 37.5. The summed E-state index contributed by atoms with van der Waals surface area (Å²) in [6.07, 6.45) is 0. The van der Waals surface area contributed by atoms with E-state index < -0.39 is 5.41 Å². The van der Waals surface area contributed by atoms with Crippen LogP contribution in [0.4, 0.5) is 0 Å². The Kier molecular flexibility index (Phi) is 6.88. The fraction of sp³-hybridized carbons (Fsp3) is 0.0182. The minimum Gasteiger partial charge on any atom is -0.309 e. The highest BCUT2D eigenvalue weighted by atomic mass is 15.0. The van der Waals surface area contributed by atoms with E-state index in [1.165, 1.54) is 93.8 Å². The predicted octanol–water partition coefficient (Wildman–Crippen LogP) is 13.9. The molecule has 57 heavy (non-hydrogen) atoms. The first-order valence-electron chi connectivity index (χ1n) is 19.8. The average Bonchev–Trinajstić information content (AvgIpc) is 3.90. The van der Waals surface area contributed by atoms with Gasteiger partial charge >= 0.3 is 0 Å². The summed E-state index contributed by atoms with van der Waals surface area (Å²) in [7, 11) is 0. The summed E-state index contributed by atoms with van der Waals surface area (Å²) in [6, 6.07) is 80.5. The molecular formula is C55H36N2. The maximum absolute atomic E-state index is 2.50. The summed E-state index contributed by atoms with van der Waals surface area (Å²) in [6.45, 7) is 0. The standard InChI is InChI=1S/C55H36N2/c1-5-17-39(18-6-1)55(40-19-7-2-8-20-40)49-27-15-13-25-43(49)46-35-48-45-31-29-38(34-53(45)57(54(48)36-50(46)55)42-23-11-4-12-24-42)37-30-32-52-47(33-37)44-26-14-16-28-51(44)56(52)41-21-9-3-10-22-41/h1-36H. The van der Waals surface area contributed by atoms with E-state index in [9.17, 15) is 0 Å². The fourth-order valence-corrected chi connectivity index (χ4v) is 9.99. The first kappa shape index (κ1) is 31.9. The van der Waals surface area contributed by atoms with Gasteiger partial charge in [-0.05, 0) is 105 Å². The quantitative estimate of drug-likeness (QED) is 0.167. The number of hydrogen-bond acceptors (Lipinski definition) is 0. The van der Waals surface area contributed by atoms with Crippen LogP contribution in [0, 0.1) is 0 Å². The molecule has 2 aromatic heterocycles. The molecule has 2 heteroatoms. The minimum absolute atomic E-state index is 0.472. The Morgan fingerprint density at radius 1 is 0.281 bits per heavy atom. The molecule has 2 nitrogen and oxygen atoms in total. The first-order chi connectivity index (χ1) is 28.3. The molecule has 266 valence electrons. The molecular weight excluding hydrogens is 689 g/mol. The van der Waals surface area contributed by atoms with Gasteiger partial charge in [0.05, 0.1) is 27.5 Å². The molecule has 2 heterocycles. The van der Waals surface area contributed by atoms with Crippen LogP contribution in [0.1, 0.15) is 22.3 Å². The van der Waals surface area contributed by atoms with Crippen molar-refractivity contribution in [2.24, 2.45) is 0 Å². The third-order valence-electron chi connectivity index (χ3n) is 12.4. The van der Waals surface area contributed by atoms with Crippen molar-refractivity contribution in [1.82, 2.24) is 9.13 Å². The molecule has 0 unspecified atom stereocenters. The van der Waals surface area contributed by atoms with E-state index in [1.807, 2.05) is 0 Å². The van der Waals surface area contributed by atoms with Gasteiger partial charge in [0, 0.05) is 32.9 Å². The first-order valence-corrected chi connectivity index (χ1v) is 19.8. The zero-order valence-electron chi connectivity index (χ0n) is 31.2. The van der Waals surface area contributed by atoms with Gasteiger partial charge in [0.1, 0.15) is 0 Å². The molecule has 11 aromatic rings. The summed E-state index contributed by atoms with van der Waals surface area (Å²) >= 11 is 0. The van der Waals surface area contributed by atoms with Crippen LogP contribution < -0.4 is 0 Å². The molecule has 0 bridgehead atoms. The van der Waals surface area contributed by atoms with Gasteiger partial charge in [-0.15, -0.1) is 0 Å². The molecule has 0 radical (unpaired) electrons. The van der Waals surface area contributed by atoms with Crippen molar-refractivity contribution < 1.29 is 0 Å². The van der Waals surface area contributed by atoms with Crippen molar-refractivity contribution in [3.8, 4) is 33.6 Å². The number of aromatic nitrogens is 2. The Labute approximate surface area is 331 Å². The van der Waals surface area contributed by atoms with Gasteiger partial charge in [-0.25, -0.2) is 0 Å². The highest BCUT2D eigenvalue weighted by Crippen LogP contribution is 2.57. The van der Waals surface area contributed by atoms with Gasteiger partial charge in [-0.2, -0.15) is 0 Å². The number of rotatable bonds is 5. The molecule has 0 spiro atoms. The van der Waals surface area contributed by atoms with E-state index in [2.05, 4.69) is 228 Å². The maximum atomic E-state index is 2.50. The lowest BCUT2D eigenvalue weighted by Gasteiger charge is -2.34. The SMILES string of the molecule is c1ccc(-n2c3ccccc3c3cc(-c4ccc5c6cc7c(cc6n(-c6ccccc6)c5c4)C(c4ccccc4)(c4ccccc4)c4ccccc4-7)ccc32)cc1. The third kappa shape index (κ3) is 4.53. The Morgan fingerprint density at radius 2 is 0.772 bits per heavy atom. The Balaban J connectivity index is 1.13. The fourth-order valence-electron chi connectivity index (χ4n) is 9.99. The number of benzene rings is 9. The summed E-state index contributed by atoms with van der Waals surface area (Å²) in [5.74, 6) is 0. The summed E-state index contributed by atoms with van der Waals surface area (Å²) in [5, 5.41) is 5.01. The van der Waals surface area contributed by atoms with Crippen LogP contribution in [0.5, 0.6) is 0 Å². The van der Waals surface area contributed by atoms with Crippen molar-refractivity contribution in [1.29, 1.82) is 0 Å². The molecule has 0 saturated heterocycles. The molecule has 0 atom stereocenters. The minimum atomic E-state index is -0.472. The van der Waals surface area contributed by atoms with Gasteiger partial charge in [-0.1, -0.05) is 158 Å². The Morgan fingerprint density at radius 3 is 1.47 bits per heavy atom. The van der Waals surface area contributed by atoms with E-state index in [0.717, 1.165) is 5.69 Å². The second kappa shape index (κ2) is 12.3. The second-order valence-corrected chi connectivity index (χ2v) is 15.3. The van der Waals surface area contributed by atoms with Crippen molar-refractivity contribution in [3.05, 3.63) is 241 Å². The lowest BCUT2D eigenvalue weighted by molar-refractivity contribution is 0.769. The normalized spacial score (nSPS) is 13.1. The van der Waals surface area contributed by atoms with Crippen molar-refractivity contribution in [2.45, 2.75) is 5.41 Å². The van der Waals surface area contributed by atoms with Gasteiger partial charge in [0.2, 0.25) is 0 Å². The molecule has 9 aromatic carbocycles. The number of para-hydroxylation sites is 3. The van der Waals surface area contributed by atoms with Crippen LogP contribution in [0.2, 0.25) is 0 Å². The molecule has 1 aliphatic carbocycles. The van der Waals surface area contributed by atoms with Crippen molar-refractivity contribution in [3.63, 3.8) is 0 Å². The van der Waals surface area contributed by atoms with Crippen LogP contribution in [-0.2, 0) is 5.41 Å². The van der Waals surface area contributed by atoms with Gasteiger partial charge in [-0.3, -0.25) is 0 Å². The maximum Gasteiger partial charge on any atom is 0.0714 e. The largest absolute Gasteiger partial charge is 0.309 e. The summed E-state index contributed by atoms with van der Waals surface area (Å²) < 4.78 is 4.87. The zero-order valence-corrected chi connectivity index (χ0v) is 31.2. The second-order valence-electron chi connectivity index (χ2n) is 15.3. The predicted molar refractivity (Wildman–Crippen MR) is 238 cm³/mol. The molecule has 0 fully saturated rings. The van der Waals surface area contributed by atoms with E-state index in [1.54, 1.807) is 0 Å². The Hall–Kier alpha value is -7.42. The monoisotopic (exact) mass is 724 g/mol. The van der Waals surface area contributed by atoms with Gasteiger partial charge in [0.25, 0.3) is 0 Å². The summed E-state index contributed by atoms with van der Waals surface area (Å²) in [4.78, 5) is 0. The number of nitrogens with zero attached hydrogens (tertiary/aromatic N) is 2. The molecule has 12 rings (SSSR count). The van der Waals surface area contributed by atoms with Crippen LogP contribution in [0.15, 0.2) is 218 Å². The Bertz CT molecular complexity index is 3280. The lowest BCUT2D eigenvalue weighted by Crippen LogP contribution is -2.28. The smallest absolute Gasteiger partial charge is 0.0714 e. The van der Waals surface area contributed by atoms with Crippen LogP contribution >= 0.6 is 0 Å². The highest BCUT2D eigenvalue weighted by molar-refractivity contribution is 6.14. The average molecular weight is 725 g/mol. The van der Waals surface area contributed by atoms with E-state index >= 15 is 0 Å². The van der Waals surface area contributed by atoms with Crippen LogP contribution in [0.25, 0.3) is 77.2 Å².